The molecule has 3 nitrogen and oxygen atoms in total. The van der Waals surface area contributed by atoms with E-state index in [1.807, 2.05) is 35.2 Å². The Hall–Kier alpha value is -2.73. The van der Waals surface area contributed by atoms with Gasteiger partial charge in [0.1, 0.15) is 5.75 Å². The maximum absolute atomic E-state index is 13.2. The third-order valence-electron chi connectivity index (χ3n) is 4.67. The zero-order valence-electron chi connectivity index (χ0n) is 14.3. The largest absolute Gasteiger partial charge is 0.435 e. The van der Waals surface area contributed by atoms with Gasteiger partial charge in [-0.05, 0) is 53.3 Å². The van der Waals surface area contributed by atoms with Gasteiger partial charge in [0.25, 0.3) is 5.91 Å². The number of rotatable bonds is 4. The Labute approximate surface area is 159 Å². The molecule has 1 aromatic heterocycles. The molecule has 0 N–H and O–H groups in total. The highest BCUT2D eigenvalue weighted by atomic mass is 32.1. The van der Waals surface area contributed by atoms with E-state index in [1.54, 1.807) is 11.3 Å². The number of amides is 1. The van der Waals surface area contributed by atoms with Crippen LogP contribution in [0.4, 0.5) is 8.78 Å². The monoisotopic (exact) mass is 385 g/mol. The van der Waals surface area contributed by atoms with Crippen LogP contribution in [0.1, 0.15) is 32.4 Å². The molecule has 0 radical (unpaired) electrons. The molecule has 1 amide bonds. The number of hydrogen-bond acceptors (Lipinski definition) is 3. The van der Waals surface area contributed by atoms with Gasteiger partial charge in [-0.2, -0.15) is 8.78 Å². The van der Waals surface area contributed by atoms with Crippen LogP contribution >= 0.6 is 11.3 Å². The van der Waals surface area contributed by atoms with E-state index in [1.165, 1.54) is 29.1 Å². The molecular formula is C21H17F2NO2S. The van der Waals surface area contributed by atoms with E-state index in [-0.39, 0.29) is 17.7 Å². The average molecular weight is 385 g/mol. The summed E-state index contributed by atoms with van der Waals surface area (Å²) in [4.78, 5) is 16.3. The number of carbonyl (C=O) groups is 1. The van der Waals surface area contributed by atoms with Crippen molar-refractivity contribution in [1.82, 2.24) is 4.90 Å². The molecule has 1 atom stereocenters. The maximum Gasteiger partial charge on any atom is 0.387 e. The fourth-order valence-corrected chi connectivity index (χ4v) is 4.38. The Morgan fingerprint density at radius 3 is 2.52 bits per heavy atom. The topological polar surface area (TPSA) is 29.5 Å². The molecule has 0 aliphatic carbocycles. The maximum atomic E-state index is 13.2. The molecule has 4 rings (SSSR count). The van der Waals surface area contributed by atoms with Gasteiger partial charge in [0.05, 0.1) is 6.04 Å². The highest BCUT2D eigenvalue weighted by Crippen LogP contribution is 2.38. The SMILES string of the molecule is O=C(c1ccc(OC(F)F)cc1)N1CCc2sccc2[C@H]1c1ccccc1. The minimum absolute atomic E-state index is 0.0416. The van der Waals surface area contributed by atoms with Gasteiger partial charge >= 0.3 is 6.61 Å². The number of thiophene rings is 1. The molecule has 27 heavy (non-hydrogen) atoms. The minimum atomic E-state index is -2.88. The van der Waals surface area contributed by atoms with Crippen molar-refractivity contribution in [2.24, 2.45) is 0 Å². The highest BCUT2D eigenvalue weighted by molar-refractivity contribution is 7.10. The predicted octanol–water partition coefficient (Wildman–Crippen LogP) is 5.14. The number of nitrogens with zero attached hydrogens (tertiary/aromatic N) is 1. The molecular weight excluding hydrogens is 368 g/mol. The quantitative estimate of drug-likeness (QED) is 0.623. The van der Waals surface area contributed by atoms with Crippen molar-refractivity contribution in [2.75, 3.05) is 6.54 Å². The van der Waals surface area contributed by atoms with E-state index < -0.39 is 6.61 Å². The van der Waals surface area contributed by atoms with Crippen molar-refractivity contribution in [2.45, 2.75) is 19.1 Å². The number of fused-ring (bicyclic) bond motifs is 1. The minimum Gasteiger partial charge on any atom is -0.435 e. The molecule has 0 unspecified atom stereocenters. The Morgan fingerprint density at radius 2 is 1.81 bits per heavy atom. The molecule has 138 valence electrons. The molecule has 3 aromatic rings. The second-order valence-corrected chi connectivity index (χ2v) is 7.26. The van der Waals surface area contributed by atoms with Crippen molar-refractivity contribution in [3.63, 3.8) is 0 Å². The third-order valence-corrected chi connectivity index (χ3v) is 5.67. The van der Waals surface area contributed by atoms with Crippen LogP contribution < -0.4 is 4.74 Å². The Bertz CT molecular complexity index is 925. The van der Waals surface area contributed by atoms with Crippen LogP contribution in [0.5, 0.6) is 5.75 Å². The normalized spacial score (nSPS) is 16.3. The molecule has 1 aliphatic rings. The summed E-state index contributed by atoms with van der Waals surface area (Å²) < 4.78 is 29.0. The van der Waals surface area contributed by atoms with Gasteiger partial charge < -0.3 is 9.64 Å². The standard InChI is InChI=1S/C21H17F2NO2S/c22-21(23)26-16-8-6-15(7-9-16)20(25)24-12-10-18-17(11-13-27-18)19(24)14-4-2-1-3-5-14/h1-9,11,13,19,21H,10,12H2/t19-/m1/s1. The van der Waals surface area contributed by atoms with Crippen LogP contribution in [0.3, 0.4) is 0 Å². The fraction of sp³-hybridized carbons (Fsp3) is 0.190. The van der Waals surface area contributed by atoms with Crippen LogP contribution in [-0.2, 0) is 6.42 Å². The zero-order valence-corrected chi connectivity index (χ0v) is 15.2. The Kier molecular flexibility index (Phi) is 4.90. The molecule has 1 aliphatic heterocycles. The molecule has 2 aromatic carbocycles. The van der Waals surface area contributed by atoms with Gasteiger partial charge in [-0.1, -0.05) is 30.3 Å². The Balaban J connectivity index is 1.66. The summed E-state index contributed by atoms with van der Waals surface area (Å²) in [5.41, 5.74) is 2.67. The van der Waals surface area contributed by atoms with E-state index in [4.69, 9.17) is 0 Å². The molecule has 0 saturated carbocycles. The van der Waals surface area contributed by atoms with E-state index >= 15 is 0 Å². The van der Waals surface area contributed by atoms with Crippen LogP contribution in [0.15, 0.2) is 66.0 Å². The number of halogens is 2. The van der Waals surface area contributed by atoms with Crippen LogP contribution in [0.25, 0.3) is 0 Å². The molecule has 0 fully saturated rings. The lowest BCUT2D eigenvalue weighted by Gasteiger charge is -2.36. The van der Waals surface area contributed by atoms with Crippen molar-refractivity contribution in [1.29, 1.82) is 0 Å². The number of benzene rings is 2. The van der Waals surface area contributed by atoms with E-state index in [0.717, 1.165) is 17.5 Å². The number of hydrogen-bond donors (Lipinski definition) is 0. The summed E-state index contributed by atoms with van der Waals surface area (Å²) in [5.74, 6) is -0.0794. The summed E-state index contributed by atoms with van der Waals surface area (Å²) in [6.45, 7) is -2.27. The summed E-state index contributed by atoms with van der Waals surface area (Å²) in [6.07, 6.45) is 0.814. The third kappa shape index (κ3) is 3.57. The average Bonchev–Trinajstić information content (AvgIpc) is 3.16. The van der Waals surface area contributed by atoms with Crippen molar-refractivity contribution in [3.8, 4) is 5.75 Å². The van der Waals surface area contributed by atoms with Crippen molar-refractivity contribution < 1.29 is 18.3 Å². The van der Waals surface area contributed by atoms with Gasteiger partial charge in [0.15, 0.2) is 0 Å². The van der Waals surface area contributed by atoms with Crippen LogP contribution in [-0.4, -0.2) is 24.0 Å². The Morgan fingerprint density at radius 1 is 1.07 bits per heavy atom. The van der Waals surface area contributed by atoms with Gasteiger partial charge in [0.2, 0.25) is 0 Å². The molecule has 2 heterocycles. The fourth-order valence-electron chi connectivity index (χ4n) is 3.47. The first-order valence-electron chi connectivity index (χ1n) is 8.60. The van der Waals surface area contributed by atoms with Crippen molar-refractivity contribution in [3.05, 3.63) is 87.6 Å². The van der Waals surface area contributed by atoms with Crippen LogP contribution in [0, 0.1) is 0 Å². The smallest absolute Gasteiger partial charge is 0.387 e. The number of alkyl halides is 2. The van der Waals surface area contributed by atoms with E-state index in [0.29, 0.717) is 12.1 Å². The second-order valence-electron chi connectivity index (χ2n) is 6.26. The molecule has 6 heteroatoms. The molecule has 0 spiro atoms. The first-order valence-corrected chi connectivity index (χ1v) is 9.48. The predicted molar refractivity (Wildman–Crippen MR) is 100 cm³/mol. The first-order chi connectivity index (χ1) is 13.1. The highest BCUT2D eigenvalue weighted by Gasteiger charge is 2.33. The van der Waals surface area contributed by atoms with Gasteiger partial charge in [-0.25, -0.2) is 0 Å². The van der Waals surface area contributed by atoms with Crippen molar-refractivity contribution >= 4 is 17.2 Å². The zero-order chi connectivity index (χ0) is 18.8. The van der Waals surface area contributed by atoms with Gasteiger partial charge in [-0.3, -0.25) is 4.79 Å². The summed E-state index contributed by atoms with van der Waals surface area (Å²) in [5, 5.41) is 2.06. The molecule has 0 saturated heterocycles. The van der Waals surface area contributed by atoms with E-state index in [9.17, 15) is 13.6 Å². The lowest BCUT2D eigenvalue weighted by atomic mass is 9.92. The number of carbonyl (C=O) groups excluding carboxylic acids is 1. The summed E-state index contributed by atoms with van der Waals surface area (Å²) in [6, 6.07) is 17.7. The van der Waals surface area contributed by atoms with E-state index in [2.05, 4.69) is 16.2 Å². The lowest BCUT2D eigenvalue weighted by molar-refractivity contribution is -0.0498. The first kappa shape index (κ1) is 17.7. The summed E-state index contributed by atoms with van der Waals surface area (Å²) >= 11 is 1.72. The van der Waals surface area contributed by atoms with Crippen LogP contribution in [0.2, 0.25) is 0 Å². The summed E-state index contributed by atoms with van der Waals surface area (Å²) in [7, 11) is 0. The van der Waals surface area contributed by atoms with Gasteiger partial charge in [0, 0.05) is 17.0 Å². The number of ether oxygens (including phenoxy) is 1. The second kappa shape index (κ2) is 7.48. The van der Waals surface area contributed by atoms with Gasteiger partial charge in [-0.15, -0.1) is 11.3 Å². The lowest BCUT2D eigenvalue weighted by Crippen LogP contribution is -2.40. The molecule has 0 bridgehead atoms.